The highest BCUT2D eigenvalue weighted by molar-refractivity contribution is 5.93. The van der Waals surface area contributed by atoms with Crippen molar-refractivity contribution in [2.45, 2.75) is 6.92 Å². The number of fused-ring (bicyclic) bond motifs is 1. The van der Waals surface area contributed by atoms with Gasteiger partial charge in [0.15, 0.2) is 0 Å². The van der Waals surface area contributed by atoms with Crippen molar-refractivity contribution >= 4 is 17.0 Å². The minimum atomic E-state index is 1.17. The standard InChI is InChI=1S/C19H17N/c1-3-4-10-17-14(2)20-19-12-11-16(13-18(17)19)15-8-6-5-7-9-15/h3-13,20H,1H2,2H3/b10-4-. The summed E-state index contributed by atoms with van der Waals surface area (Å²) in [5, 5.41) is 1.25. The Morgan fingerprint density at radius 3 is 2.55 bits per heavy atom. The number of aryl methyl sites for hydroxylation is 1. The molecule has 98 valence electrons. The average Bonchev–Trinajstić information content (AvgIpc) is 2.80. The molecule has 0 atom stereocenters. The van der Waals surface area contributed by atoms with Gasteiger partial charge in [-0.15, -0.1) is 0 Å². The van der Waals surface area contributed by atoms with E-state index in [9.17, 15) is 0 Å². The van der Waals surface area contributed by atoms with Gasteiger partial charge in [-0.1, -0.05) is 61.2 Å². The van der Waals surface area contributed by atoms with Crippen molar-refractivity contribution in [1.82, 2.24) is 4.98 Å². The summed E-state index contributed by atoms with van der Waals surface area (Å²) >= 11 is 0. The average molecular weight is 259 g/mol. The third-order valence-electron chi connectivity index (χ3n) is 3.54. The SMILES string of the molecule is C=C/C=C\c1c(C)[nH]c2ccc(-c3ccccc3)cc12. The smallest absolute Gasteiger partial charge is 0.0462 e. The molecular formula is C19H17N. The molecule has 0 unspecified atom stereocenters. The van der Waals surface area contributed by atoms with Gasteiger partial charge in [0, 0.05) is 22.2 Å². The maximum Gasteiger partial charge on any atom is 0.0462 e. The first-order chi connectivity index (χ1) is 9.79. The Morgan fingerprint density at radius 2 is 1.80 bits per heavy atom. The lowest BCUT2D eigenvalue weighted by Gasteiger charge is -2.02. The Balaban J connectivity index is 2.19. The lowest BCUT2D eigenvalue weighted by molar-refractivity contribution is 1.29. The van der Waals surface area contributed by atoms with Crippen LogP contribution < -0.4 is 0 Å². The molecule has 0 bridgehead atoms. The first-order valence-corrected chi connectivity index (χ1v) is 6.76. The molecule has 1 N–H and O–H groups in total. The van der Waals surface area contributed by atoms with Crippen molar-refractivity contribution in [3.05, 3.63) is 78.5 Å². The Hall–Kier alpha value is -2.54. The number of aromatic nitrogens is 1. The van der Waals surface area contributed by atoms with Crippen LogP contribution in [-0.4, -0.2) is 4.98 Å². The predicted octanol–water partition coefficient (Wildman–Crippen LogP) is 5.34. The van der Waals surface area contributed by atoms with Gasteiger partial charge in [0.05, 0.1) is 0 Å². The van der Waals surface area contributed by atoms with E-state index in [0.29, 0.717) is 0 Å². The highest BCUT2D eigenvalue weighted by atomic mass is 14.7. The first kappa shape index (κ1) is 12.5. The molecule has 0 aliphatic heterocycles. The molecule has 0 aliphatic carbocycles. The van der Waals surface area contributed by atoms with E-state index >= 15 is 0 Å². The normalized spacial score (nSPS) is 11.2. The molecule has 1 heterocycles. The molecule has 0 spiro atoms. The number of benzene rings is 2. The van der Waals surface area contributed by atoms with E-state index in [-0.39, 0.29) is 0 Å². The minimum absolute atomic E-state index is 1.17. The van der Waals surface area contributed by atoms with Gasteiger partial charge in [-0.05, 0) is 30.2 Å². The number of allylic oxidation sites excluding steroid dienone is 2. The zero-order chi connectivity index (χ0) is 13.9. The van der Waals surface area contributed by atoms with Gasteiger partial charge in [0.1, 0.15) is 0 Å². The molecule has 1 nitrogen and oxygen atoms in total. The summed E-state index contributed by atoms with van der Waals surface area (Å²) in [6.07, 6.45) is 5.89. The van der Waals surface area contributed by atoms with Crippen LogP contribution in [0, 0.1) is 6.92 Å². The van der Waals surface area contributed by atoms with Crippen LogP contribution in [0.15, 0.2) is 67.3 Å². The van der Waals surface area contributed by atoms with Crippen LogP contribution in [0.1, 0.15) is 11.3 Å². The Morgan fingerprint density at radius 1 is 1.00 bits per heavy atom. The Kier molecular flexibility index (Phi) is 3.26. The minimum Gasteiger partial charge on any atom is -0.358 e. The molecule has 0 fully saturated rings. The highest BCUT2D eigenvalue weighted by Gasteiger charge is 2.07. The largest absolute Gasteiger partial charge is 0.358 e. The van der Waals surface area contributed by atoms with Gasteiger partial charge < -0.3 is 4.98 Å². The molecular weight excluding hydrogens is 242 g/mol. The summed E-state index contributed by atoms with van der Waals surface area (Å²) in [5.74, 6) is 0. The molecule has 0 saturated heterocycles. The fraction of sp³-hybridized carbons (Fsp3) is 0.0526. The maximum atomic E-state index is 3.74. The van der Waals surface area contributed by atoms with Crippen LogP contribution in [0.5, 0.6) is 0 Å². The van der Waals surface area contributed by atoms with Crippen molar-refractivity contribution in [2.24, 2.45) is 0 Å². The summed E-state index contributed by atoms with van der Waals surface area (Å²) in [6.45, 7) is 5.84. The monoisotopic (exact) mass is 259 g/mol. The molecule has 3 rings (SSSR count). The quantitative estimate of drug-likeness (QED) is 0.611. The molecule has 1 aromatic heterocycles. The fourth-order valence-electron chi connectivity index (χ4n) is 2.54. The van der Waals surface area contributed by atoms with Crippen LogP contribution >= 0.6 is 0 Å². The van der Waals surface area contributed by atoms with Crippen LogP contribution in [0.2, 0.25) is 0 Å². The first-order valence-electron chi connectivity index (χ1n) is 6.76. The zero-order valence-corrected chi connectivity index (χ0v) is 11.6. The zero-order valence-electron chi connectivity index (χ0n) is 11.6. The summed E-state index contributed by atoms with van der Waals surface area (Å²) in [5.41, 5.74) is 6.07. The van der Waals surface area contributed by atoms with Crippen molar-refractivity contribution < 1.29 is 0 Å². The molecule has 0 aliphatic rings. The van der Waals surface area contributed by atoms with Gasteiger partial charge in [-0.3, -0.25) is 0 Å². The highest BCUT2D eigenvalue weighted by Crippen LogP contribution is 2.28. The van der Waals surface area contributed by atoms with E-state index in [2.05, 4.69) is 67.0 Å². The number of rotatable bonds is 3. The topological polar surface area (TPSA) is 15.8 Å². The lowest BCUT2D eigenvalue weighted by Crippen LogP contribution is -1.78. The van der Waals surface area contributed by atoms with Crippen molar-refractivity contribution in [3.63, 3.8) is 0 Å². The Bertz CT molecular complexity index is 776. The summed E-state index contributed by atoms with van der Waals surface area (Å²) < 4.78 is 0. The molecule has 3 aromatic rings. The lowest BCUT2D eigenvalue weighted by atomic mass is 10.0. The Labute approximate surface area is 119 Å². The molecule has 0 saturated carbocycles. The van der Waals surface area contributed by atoms with Crippen molar-refractivity contribution in [3.8, 4) is 11.1 Å². The van der Waals surface area contributed by atoms with Gasteiger partial charge in [0.25, 0.3) is 0 Å². The van der Waals surface area contributed by atoms with E-state index in [1.165, 1.54) is 33.3 Å². The van der Waals surface area contributed by atoms with Crippen LogP contribution in [0.3, 0.4) is 0 Å². The number of hydrogen-bond donors (Lipinski definition) is 1. The third kappa shape index (κ3) is 2.19. The molecule has 2 aromatic carbocycles. The van der Waals surface area contributed by atoms with E-state index < -0.39 is 0 Å². The van der Waals surface area contributed by atoms with Crippen molar-refractivity contribution in [2.75, 3.05) is 0 Å². The second-order valence-corrected chi connectivity index (χ2v) is 4.88. The second-order valence-electron chi connectivity index (χ2n) is 4.88. The summed E-state index contributed by atoms with van der Waals surface area (Å²) in [4.78, 5) is 3.43. The number of H-pyrrole nitrogens is 1. The van der Waals surface area contributed by atoms with Crippen LogP contribution in [0.4, 0.5) is 0 Å². The van der Waals surface area contributed by atoms with E-state index in [1.54, 1.807) is 6.08 Å². The maximum absolute atomic E-state index is 3.74. The van der Waals surface area contributed by atoms with E-state index in [0.717, 1.165) is 0 Å². The van der Waals surface area contributed by atoms with Crippen LogP contribution in [0.25, 0.3) is 28.1 Å². The second kappa shape index (κ2) is 5.22. The number of aromatic amines is 1. The van der Waals surface area contributed by atoms with Gasteiger partial charge in [-0.25, -0.2) is 0 Å². The van der Waals surface area contributed by atoms with E-state index in [1.807, 2.05) is 12.1 Å². The van der Waals surface area contributed by atoms with Crippen LogP contribution in [-0.2, 0) is 0 Å². The fourth-order valence-corrected chi connectivity index (χ4v) is 2.54. The third-order valence-corrected chi connectivity index (χ3v) is 3.54. The summed E-state index contributed by atoms with van der Waals surface area (Å²) in [7, 11) is 0. The van der Waals surface area contributed by atoms with Gasteiger partial charge >= 0.3 is 0 Å². The number of hydrogen-bond acceptors (Lipinski definition) is 0. The van der Waals surface area contributed by atoms with Crippen molar-refractivity contribution in [1.29, 1.82) is 0 Å². The van der Waals surface area contributed by atoms with Gasteiger partial charge in [-0.2, -0.15) is 0 Å². The number of nitrogens with one attached hydrogen (secondary N) is 1. The van der Waals surface area contributed by atoms with Gasteiger partial charge in [0.2, 0.25) is 0 Å². The molecule has 0 amide bonds. The molecule has 1 heteroatoms. The molecule has 0 radical (unpaired) electrons. The summed E-state index contributed by atoms with van der Waals surface area (Å²) in [6, 6.07) is 17.0. The molecule has 20 heavy (non-hydrogen) atoms. The van der Waals surface area contributed by atoms with E-state index in [4.69, 9.17) is 0 Å². The predicted molar refractivity (Wildman–Crippen MR) is 87.7 cm³/mol.